The first-order valence-corrected chi connectivity index (χ1v) is 14.2. The topological polar surface area (TPSA) is 87.4 Å². The van der Waals surface area contributed by atoms with Crippen LogP contribution in [0.3, 0.4) is 0 Å². The first kappa shape index (κ1) is 26.9. The number of pyridine rings is 1. The molecule has 0 aliphatic heterocycles. The van der Waals surface area contributed by atoms with Crippen molar-refractivity contribution < 1.29 is 15.0 Å². The van der Waals surface area contributed by atoms with Gasteiger partial charge in [0.2, 0.25) is 0 Å². The molecule has 2 aromatic heterocycles. The Morgan fingerprint density at radius 2 is 1.73 bits per heavy atom. The van der Waals surface area contributed by atoms with Crippen molar-refractivity contribution in [2.75, 3.05) is 0 Å². The van der Waals surface area contributed by atoms with Gasteiger partial charge in [-0.25, -0.2) is 0 Å². The number of carbonyl (C=O) groups excluding carboxylic acids is 1. The third kappa shape index (κ3) is 5.41. The van der Waals surface area contributed by atoms with E-state index in [1.165, 1.54) is 12.8 Å². The molecule has 6 rings (SSSR count). The Morgan fingerprint density at radius 3 is 2.46 bits per heavy atom. The van der Waals surface area contributed by atoms with Gasteiger partial charge in [0.15, 0.2) is 6.29 Å². The number of fused-ring (bicyclic) bond motifs is 1. The summed E-state index contributed by atoms with van der Waals surface area (Å²) >= 11 is 0. The summed E-state index contributed by atoms with van der Waals surface area (Å²) in [6, 6.07) is 27.3. The van der Waals surface area contributed by atoms with Crippen LogP contribution < -0.4 is 5.32 Å². The number of amides is 1. The van der Waals surface area contributed by atoms with Crippen molar-refractivity contribution in [3.63, 3.8) is 0 Å². The van der Waals surface area contributed by atoms with E-state index in [1.54, 1.807) is 12.1 Å². The molecule has 0 bridgehead atoms. The number of benzene rings is 3. The summed E-state index contributed by atoms with van der Waals surface area (Å²) in [5, 5.41) is 23.7. The van der Waals surface area contributed by atoms with E-state index in [0.717, 1.165) is 50.2 Å². The quantitative estimate of drug-likeness (QED) is 0.189. The Bertz CT molecular complexity index is 1730. The standard InChI is InChI=1S/C35H35N3O3/c1-21-23(3)38(20-24-11-13-25(14-12-24)28-7-4-5-8-29(28)35(40)41)33-18-17-27(19-30(21)33)34(39)36-22(2)31-9-6-10-32(37-31)26-15-16-26/h4-14,17-19,22,26,35,40-41H,15-16,20H2,1-3H3,(H,36,39). The summed E-state index contributed by atoms with van der Waals surface area (Å²) < 4.78 is 2.28. The fourth-order valence-corrected chi connectivity index (χ4v) is 5.62. The van der Waals surface area contributed by atoms with E-state index in [2.05, 4.69) is 41.9 Å². The van der Waals surface area contributed by atoms with E-state index < -0.39 is 6.29 Å². The number of aliphatic hydroxyl groups excluding tert-OH is 1. The van der Waals surface area contributed by atoms with Gasteiger partial charge in [-0.15, -0.1) is 0 Å². The molecule has 1 aliphatic carbocycles. The van der Waals surface area contributed by atoms with Crippen LogP contribution in [0.25, 0.3) is 22.0 Å². The van der Waals surface area contributed by atoms with E-state index in [-0.39, 0.29) is 11.9 Å². The average Bonchev–Trinajstić information content (AvgIpc) is 3.82. The lowest BCUT2D eigenvalue weighted by molar-refractivity contribution is -0.0420. The normalized spacial score (nSPS) is 14.0. The minimum atomic E-state index is -1.52. The maximum atomic E-state index is 13.2. The van der Waals surface area contributed by atoms with Crippen LogP contribution in [-0.4, -0.2) is 25.7 Å². The molecule has 1 fully saturated rings. The fraction of sp³-hybridized carbons (Fsp3) is 0.257. The molecule has 3 N–H and O–H groups in total. The lowest BCUT2D eigenvalue weighted by atomic mass is 9.98. The van der Waals surface area contributed by atoms with Gasteiger partial charge >= 0.3 is 0 Å². The molecule has 0 spiro atoms. The van der Waals surface area contributed by atoms with Gasteiger partial charge in [0, 0.05) is 45.9 Å². The molecule has 3 aromatic carbocycles. The zero-order chi connectivity index (χ0) is 28.7. The second-order valence-electron chi connectivity index (χ2n) is 11.1. The maximum absolute atomic E-state index is 13.2. The number of rotatable bonds is 8. The van der Waals surface area contributed by atoms with Gasteiger partial charge in [0.25, 0.3) is 5.91 Å². The second-order valence-corrected chi connectivity index (χ2v) is 11.1. The van der Waals surface area contributed by atoms with Gasteiger partial charge in [0.1, 0.15) is 0 Å². The Labute approximate surface area is 240 Å². The molecule has 6 nitrogen and oxygen atoms in total. The molecule has 2 heterocycles. The molecule has 1 saturated carbocycles. The van der Waals surface area contributed by atoms with Crippen molar-refractivity contribution >= 4 is 16.8 Å². The highest BCUT2D eigenvalue weighted by Gasteiger charge is 2.25. The lowest BCUT2D eigenvalue weighted by Crippen LogP contribution is -2.27. The number of hydrogen-bond donors (Lipinski definition) is 3. The van der Waals surface area contributed by atoms with Crippen molar-refractivity contribution in [1.29, 1.82) is 0 Å². The molecule has 41 heavy (non-hydrogen) atoms. The van der Waals surface area contributed by atoms with Crippen molar-refractivity contribution in [1.82, 2.24) is 14.9 Å². The molecule has 5 aromatic rings. The summed E-state index contributed by atoms with van der Waals surface area (Å²) in [5.41, 5.74) is 9.41. The summed E-state index contributed by atoms with van der Waals surface area (Å²) in [4.78, 5) is 18.0. The Morgan fingerprint density at radius 1 is 0.976 bits per heavy atom. The molecule has 208 valence electrons. The van der Waals surface area contributed by atoms with Gasteiger partial charge in [0.05, 0.1) is 11.7 Å². The van der Waals surface area contributed by atoms with Crippen molar-refractivity contribution in [3.05, 3.63) is 124 Å². The van der Waals surface area contributed by atoms with Gasteiger partial charge in [-0.2, -0.15) is 0 Å². The molecule has 6 heteroatoms. The van der Waals surface area contributed by atoms with Crippen LogP contribution in [-0.2, 0) is 6.54 Å². The predicted molar refractivity (Wildman–Crippen MR) is 162 cm³/mol. The lowest BCUT2D eigenvalue weighted by Gasteiger charge is -2.15. The smallest absolute Gasteiger partial charge is 0.251 e. The number of nitrogens with one attached hydrogen (secondary N) is 1. The number of hydrogen-bond acceptors (Lipinski definition) is 4. The molecule has 0 saturated heterocycles. The van der Waals surface area contributed by atoms with E-state index in [9.17, 15) is 15.0 Å². The van der Waals surface area contributed by atoms with Crippen LogP contribution in [0.15, 0.2) is 84.9 Å². The highest BCUT2D eigenvalue weighted by atomic mass is 16.5. The third-order valence-electron chi connectivity index (χ3n) is 8.32. The number of aryl methyl sites for hydroxylation is 1. The highest BCUT2D eigenvalue weighted by Crippen LogP contribution is 2.39. The van der Waals surface area contributed by atoms with E-state index >= 15 is 0 Å². The van der Waals surface area contributed by atoms with E-state index in [4.69, 9.17) is 4.98 Å². The summed E-state index contributed by atoms with van der Waals surface area (Å²) in [5.74, 6) is 0.470. The molecule has 1 aliphatic rings. The van der Waals surface area contributed by atoms with Crippen LogP contribution in [0.5, 0.6) is 0 Å². The Hall–Kier alpha value is -4.26. The van der Waals surface area contributed by atoms with Crippen molar-refractivity contribution in [2.24, 2.45) is 0 Å². The molecular weight excluding hydrogens is 510 g/mol. The average molecular weight is 546 g/mol. The number of nitrogens with zero attached hydrogens (tertiary/aromatic N) is 2. The first-order chi connectivity index (χ1) is 19.8. The molecule has 1 amide bonds. The molecular formula is C35H35N3O3. The van der Waals surface area contributed by atoms with Crippen LogP contribution in [0.1, 0.15) is 82.1 Å². The number of aliphatic hydroxyl groups is 2. The van der Waals surface area contributed by atoms with Crippen molar-refractivity contribution in [3.8, 4) is 11.1 Å². The maximum Gasteiger partial charge on any atom is 0.251 e. The first-order valence-electron chi connectivity index (χ1n) is 14.2. The number of carbonyl (C=O) groups is 1. The largest absolute Gasteiger partial charge is 0.364 e. The minimum absolute atomic E-state index is 0.105. The van der Waals surface area contributed by atoms with Crippen LogP contribution >= 0.6 is 0 Å². The van der Waals surface area contributed by atoms with Gasteiger partial charge in [-0.1, -0.05) is 54.6 Å². The molecule has 1 unspecified atom stereocenters. The van der Waals surface area contributed by atoms with Gasteiger partial charge < -0.3 is 20.1 Å². The SMILES string of the molecule is Cc1c(C)n(Cc2ccc(-c3ccccc3C(O)O)cc2)c2ccc(C(=O)NC(C)c3cccc(C4CC4)n3)cc12. The second kappa shape index (κ2) is 11.0. The van der Waals surface area contributed by atoms with E-state index in [1.807, 2.05) is 61.5 Å². The summed E-state index contributed by atoms with van der Waals surface area (Å²) in [6.45, 7) is 6.89. The van der Waals surface area contributed by atoms with Crippen LogP contribution in [0, 0.1) is 13.8 Å². The van der Waals surface area contributed by atoms with Crippen LogP contribution in [0.4, 0.5) is 0 Å². The summed E-state index contributed by atoms with van der Waals surface area (Å²) in [7, 11) is 0. The molecule has 0 radical (unpaired) electrons. The zero-order valence-electron chi connectivity index (χ0n) is 23.6. The number of aromatic nitrogens is 2. The summed E-state index contributed by atoms with van der Waals surface area (Å²) in [6.07, 6.45) is 0.879. The van der Waals surface area contributed by atoms with Gasteiger partial charge in [-0.3, -0.25) is 9.78 Å². The predicted octanol–water partition coefficient (Wildman–Crippen LogP) is 6.72. The monoisotopic (exact) mass is 545 g/mol. The third-order valence-corrected chi connectivity index (χ3v) is 8.32. The van der Waals surface area contributed by atoms with Gasteiger partial charge in [-0.05, 0) is 86.2 Å². The Kier molecular flexibility index (Phi) is 7.20. The minimum Gasteiger partial charge on any atom is -0.364 e. The zero-order valence-corrected chi connectivity index (χ0v) is 23.6. The highest BCUT2D eigenvalue weighted by molar-refractivity contribution is 5.99. The fourth-order valence-electron chi connectivity index (χ4n) is 5.62. The Balaban J connectivity index is 1.21. The van der Waals surface area contributed by atoms with Crippen molar-refractivity contribution in [2.45, 2.75) is 58.4 Å². The van der Waals surface area contributed by atoms with E-state index in [0.29, 0.717) is 23.6 Å². The van der Waals surface area contributed by atoms with Crippen LogP contribution in [0.2, 0.25) is 0 Å². The molecule has 1 atom stereocenters.